The molecule has 0 aromatic rings. The molecule has 0 bridgehead atoms. The number of hydrogen-bond acceptors (Lipinski definition) is 1. The van der Waals surface area contributed by atoms with E-state index in [9.17, 15) is 5.11 Å². The topological polar surface area (TPSA) is 20.2 Å². The van der Waals surface area contributed by atoms with Gasteiger partial charge < -0.3 is 5.11 Å². The van der Waals surface area contributed by atoms with Crippen LogP contribution in [0.3, 0.4) is 0 Å². The van der Waals surface area contributed by atoms with Gasteiger partial charge in [-0.1, -0.05) is 53.0 Å². The maximum Gasteiger partial charge on any atom is 0.0772 e. The van der Waals surface area contributed by atoms with Gasteiger partial charge in [0.05, 0.1) is 6.10 Å². The van der Waals surface area contributed by atoms with Crippen LogP contribution in [0.2, 0.25) is 0 Å². The van der Waals surface area contributed by atoms with Gasteiger partial charge in [-0.25, -0.2) is 0 Å². The fourth-order valence-electron chi connectivity index (χ4n) is 1.82. The molecule has 0 fully saturated rings. The molecular weight excluding hydrogens is 184 g/mol. The van der Waals surface area contributed by atoms with E-state index in [-0.39, 0.29) is 6.10 Å². The molecule has 0 aromatic heterocycles. The Morgan fingerprint density at radius 3 is 2.27 bits per heavy atom. The van der Waals surface area contributed by atoms with Crippen LogP contribution in [0.15, 0.2) is 11.6 Å². The average Bonchev–Trinajstić information content (AvgIpc) is 2.21. The van der Waals surface area contributed by atoms with Crippen molar-refractivity contribution < 1.29 is 5.11 Å². The van der Waals surface area contributed by atoms with E-state index in [1.54, 1.807) is 0 Å². The number of unbranched alkanes of at least 4 members (excludes halogenated alkanes) is 3. The molecule has 0 aliphatic rings. The number of hydrogen-bond donors (Lipinski definition) is 1. The summed E-state index contributed by atoms with van der Waals surface area (Å²) in [5.74, 6) is 0.342. The van der Waals surface area contributed by atoms with E-state index in [1.807, 2.05) is 0 Å². The summed E-state index contributed by atoms with van der Waals surface area (Å²) in [4.78, 5) is 0. The maximum absolute atomic E-state index is 10.0. The fraction of sp³-hybridized carbons (Fsp3) is 0.857. The molecule has 0 rings (SSSR count). The molecule has 0 saturated heterocycles. The lowest BCUT2D eigenvalue weighted by atomic mass is 9.94. The second-order valence-corrected chi connectivity index (χ2v) is 4.69. The largest absolute Gasteiger partial charge is 0.388 e. The molecule has 0 amide bonds. The molecule has 1 nitrogen and oxygen atoms in total. The van der Waals surface area contributed by atoms with E-state index >= 15 is 0 Å². The lowest BCUT2D eigenvalue weighted by Crippen LogP contribution is -2.17. The van der Waals surface area contributed by atoms with Crippen LogP contribution in [0.1, 0.15) is 66.2 Å². The molecule has 1 N–H and O–H groups in total. The van der Waals surface area contributed by atoms with Crippen LogP contribution in [0.25, 0.3) is 0 Å². The van der Waals surface area contributed by atoms with E-state index in [0.717, 1.165) is 12.8 Å². The van der Waals surface area contributed by atoms with Crippen LogP contribution < -0.4 is 0 Å². The van der Waals surface area contributed by atoms with Crippen molar-refractivity contribution >= 4 is 0 Å². The molecule has 1 atom stereocenters. The lowest BCUT2D eigenvalue weighted by Gasteiger charge is -2.18. The number of aliphatic hydroxyl groups excluding tert-OH is 1. The van der Waals surface area contributed by atoms with Crippen molar-refractivity contribution in [2.75, 3.05) is 0 Å². The second-order valence-electron chi connectivity index (χ2n) is 4.69. The normalized spacial score (nSPS) is 14.7. The summed E-state index contributed by atoms with van der Waals surface area (Å²) in [7, 11) is 0. The third-order valence-corrected chi connectivity index (χ3v) is 2.80. The van der Waals surface area contributed by atoms with E-state index in [2.05, 4.69) is 33.8 Å². The second kappa shape index (κ2) is 8.96. The van der Waals surface area contributed by atoms with Gasteiger partial charge in [-0.2, -0.15) is 0 Å². The summed E-state index contributed by atoms with van der Waals surface area (Å²) in [6.07, 6.45) is 9.20. The predicted molar refractivity (Wildman–Crippen MR) is 68.0 cm³/mol. The third-order valence-electron chi connectivity index (χ3n) is 2.80. The Morgan fingerprint density at radius 1 is 1.13 bits per heavy atom. The molecule has 0 radical (unpaired) electrons. The summed E-state index contributed by atoms with van der Waals surface area (Å²) in [5.41, 5.74) is 1.25. The third kappa shape index (κ3) is 6.72. The minimum atomic E-state index is -0.230. The standard InChI is InChI=1S/C14H28O/c1-5-7-8-9-11-13(10-6-2)14(15)12(3)4/h10,12,14-15H,5-9,11H2,1-4H3/b13-10-. The Balaban J connectivity index is 4.00. The van der Waals surface area contributed by atoms with Crippen LogP contribution in [0.4, 0.5) is 0 Å². The van der Waals surface area contributed by atoms with E-state index in [4.69, 9.17) is 0 Å². The van der Waals surface area contributed by atoms with Gasteiger partial charge in [0.1, 0.15) is 0 Å². The number of allylic oxidation sites excluding steroid dienone is 1. The average molecular weight is 212 g/mol. The zero-order chi connectivity index (χ0) is 11.7. The highest BCUT2D eigenvalue weighted by molar-refractivity contribution is 5.08. The minimum Gasteiger partial charge on any atom is -0.388 e. The van der Waals surface area contributed by atoms with Gasteiger partial charge >= 0.3 is 0 Å². The Kier molecular flexibility index (Phi) is 8.79. The predicted octanol–water partition coefficient (Wildman–Crippen LogP) is 4.31. The molecule has 0 spiro atoms. The monoisotopic (exact) mass is 212 g/mol. The van der Waals surface area contributed by atoms with E-state index in [1.165, 1.54) is 31.3 Å². The first-order chi connectivity index (χ1) is 7.13. The van der Waals surface area contributed by atoms with Crippen LogP contribution in [0.5, 0.6) is 0 Å². The first-order valence-electron chi connectivity index (χ1n) is 6.50. The molecule has 1 unspecified atom stereocenters. The molecular formula is C14H28O. The summed E-state index contributed by atoms with van der Waals surface area (Å²) >= 11 is 0. The van der Waals surface area contributed by atoms with Gasteiger partial charge in [0, 0.05) is 0 Å². The van der Waals surface area contributed by atoms with Crippen molar-refractivity contribution in [1.82, 2.24) is 0 Å². The summed E-state index contributed by atoms with van der Waals surface area (Å²) in [5, 5.41) is 10.0. The van der Waals surface area contributed by atoms with E-state index in [0.29, 0.717) is 5.92 Å². The van der Waals surface area contributed by atoms with Crippen molar-refractivity contribution in [1.29, 1.82) is 0 Å². The van der Waals surface area contributed by atoms with Crippen molar-refractivity contribution in [3.05, 3.63) is 11.6 Å². The van der Waals surface area contributed by atoms with Gasteiger partial charge in [-0.3, -0.25) is 0 Å². The van der Waals surface area contributed by atoms with Gasteiger partial charge in [-0.05, 0) is 30.8 Å². The molecule has 90 valence electrons. The zero-order valence-electron chi connectivity index (χ0n) is 10.9. The first kappa shape index (κ1) is 14.7. The van der Waals surface area contributed by atoms with Crippen molar-refractivity contribution in [2.45, 2.75) is 72.3 Å². The van der Waals surface area contributed by atoms with Crippen molar-refractivity contribution in [3.8, 4) is 0 Å². The number of aliphatic hydroxyl groups is 1. The van der Waals surface area contributed by atoms with Crippen LogP contribution in [-0.2, 0) is 0 Å². The maximum atomic E-state index is 10.0. The van der Waals surface area contributed by atoms with Crippen molar-refractivity contribution in [3.63, 3.8) is 0 Å². The van der Waals surface area contributed by atoms with Crippen LogP contribution in [0, 0.1) is 5.92 Å². The molecule has 0 aliphatic heterocycles. The highest BCUT2D eigenvalue weighted by Crippen LogP contribution is 2.19. The zero-order valence-corrected chi connectivity index (χ0v) is 10.9. The van der Waals surface area contributed by atoms with Gasteiger partial charge in [0.2, 0.25) is 0 Å². The Morgan fingerprint density at radius 2 is 1.80 bits per heavy atom. The molecule has 15 heavy (non-hydrogen) atoms. The van der Waals surface area contributed by atoms with E-state index < -0.39 is 0 Å². The summed E-state index contributed by atoms with van der Waals surface area (Å²) in [6.45, 7) is 8.53. The molecule has 0 heterocycles. The highest BCUT2D eigenvalue weighted by Gasteiger charge is 2.13. The summed E-state index contributed by atoms with van der Waals surface area (Å²) in [6, 6.07) is 0. The highest BCUT2D eigenvalue weighted by atomic mass is 16.3. The van der Waals surface area contributed by atoms with Crippen molar-refractivity contribution in [2.24, 2.45) is 5.92 Å². The van der Waals surface area contributed by atoms with Crippen LogP contribution in [-0.4, -0.2) is 11.2 Å². The van der Waals surface area contributed by atoms with Gasteiger partial charge in [0.15, 0.2) is 0 Å². The molecule has 0 aliphatic carbocycles. The number of rotatable bonds is 8. The molecule has 0 saturated carbocycles. The SMILES string of the molecule is CC/C=C(/CCCCCC)C(O)C(C)C. The Bertz CT molecular complexity index is 170. The van der Waals surface area contributed by atoms with Gasteiger partial charge in [-0.15, -0.1) is 0 Å². The fourth-order valence-corrected chi connectivity index (χ4v) is 1.82. The molecule has 0 aromatic carbocycles. The molecule has 1 heteroatoms. The first-order valence-corrected chi connectivity index (χ1v) is 6.50. The van der Waals surface area contributed by atoms with Crippen LogP contribution >= 0.6 is 0 Å². The smallest absolute Gasteiger partial charge is 0.0772 e. The quantitative estimate of drug-likeness (QED) is 0.469. The summed E-state index contributed by atoms with van der Waals surface area (Å²) < 4.78 is 0. The Hall–Kier alpha value is -0.300. The van der Waals surface area contributed by atoms with Gasteiger partial charge in [0.25, 0.3) is 0 Å². The lowest BCUT2D eigenvalue weighted by molar-refractivity contribution is 0.155. The Labute approximate surface area is 95.6 Å². The minimum absolute atomic E-state index is 0.230.